The van der Waals surface area contributed by atoms with Crippen LogP contribution in [0.1, 0.15) is 20.8 Å². The van der Waals surface area contributed by atoms with Gasteiger partial charge in [0.15, 0.2) is 5.96 Å². The first-order chi connectivity index (χ1) is 8.89. The van der Waals surface area contributed by atoms with Crippen molar-refractivity contribution in [2.75, 3.05) is 33.4 Å². The van der Waals surface area contributed by atoms with Crippen LogP contribution in [0.3, 0.4) is 0 Å². The van der Waals surface area contributed by atoms with E-state index >= 15 is 0 Å². The Bertz CT molecular complexity index is 308. The van der Waals surface area contributed by atoms with E-state index in [-0.39, 0.29) is 18.0 Å². The monoisotopic (exact) mass is 270 g/mol. The Morgan fingerprint density at radius 3 is 2.58 bits per heavy atom. The van der Waals surface area contributed by atoms with Crippen molar-refractivity contribution in [1.82, 2.24) is 16.0 Å². The fraction of sp³-hybridized carbons (Fsp3) is 0.692. The van der Waals surface area contributed by atoms with Gasteiger partial charge in [-0.1, -0.05) is 6.08 Å². The lowest BCUT2D eigenvalue weighted by atomic mass is 10.1. The minimum atomic E-state index is -0.245. The van der Waals surface area contributed by atoms with Crippen LogP contribution in [0, 0.1) is 0 Å². The zero-order valence-electron chi connectivity index (χ0n) is 12.4. The maximum Gasteiger partial charge on any atom is 0.242 e. The summed E-state index contributed by atoms with van der Waals surface area (Å²) in [6.07, 6.45) is 1.72. The van der Waals surface area contributed by atoms with E-state index in [0.717, 1.165) is 0 Å². The summed E-state index contributed by atoms with van der Waals surface area (Å²) in [6.45, 7) is 11.3. The quantitative estimate of drug-likeness (QED) is 0.269. The van der Waals surface area contributed by atoms with E-state index in [1.807, 2.05) is 20.8 Å². The van der Waals surface area contributed by atoms with Gasteiger partial charge in [-0.05, 0) is 20.8 Å². The van der Waals surface area contributed by atoms with Gasteiger partial charge in [-0.25, -0.2) is 4.99 Å². The zero-order chi connectivity index (χ0) is 14.7. The Hall–Kier alpha value is -1.56. The third-order valence-corrected chi connectivity index (χ3v) is 1.91. The number of guanidine groups is 1. The molecule has 6 heteroatoms. The maximum atomic E-state index is 11.6. The van der Waals surface area contributed by atoms with Crippen LogP contribution < -0.4 is 16.0 Å². The largest absolute Gasteiger partial charge is 0.383 e. The van der Waals surface area contributed by atoms with E-state index in [1.165, 1.54) is 0 Å². The van der Waals surface area contributed by atoms with Crippen molar-refractivity contribution in [1.29, 1.82) is 0 Å². The van der Waals surface area contributed by atoms with Gasteiger partial charge in [0.1, 0.15) is 6.54 Å². The first-order valence-corrected chi connectivity index (χ1v) is 6.32. The van der Waals surface area contributed by atoms with E-state index in [1.54, 1.807) is 13.2 Å². The molecule has 0 radical (unpaired) electrons. The summed E-state index contributed by atoms with van der Waals surface area (Å²) in [5, 5.41) is 8.94. The van der Waals surface area contributed by atoms with Gasteiger partial charge in [-0.15, -0.1) is 6.58 Å². The fourth-order valence-corrected chi connectivity index (χ4v) is 1.22. The lowest BCUT2D eigenvalue weighted by molar-refractivity contribution is -0.121. The maximum absolute atomic E-state index is 11.6. The molecule has 0 aliphatic rings. The van der Waals surface area contributed by atoms with Crippen LogP contribution in [0.25, 0.3) is 0 Å². The van der Waals surface area contributed by atoms with Gasteiger partial charge in [0.05, 0.1) is 6.61 Å². The van der Waals surface area contributed by atoms with E-state index in [0.29, 0.717) is 25.7 Å². The molecule has 3 N–H and O–H groups in total. The number of hydrogen-bond acceptors (Lipinski definition) is 3. The second-order valence-corrected chi connectivity index (χ2v) is 5.05. The Balaban J connectivity index is 4.28. The number of nitrogens with one attached hydrogen (secondary N) is 3. The summed E-state index contributed by atoms with van der Waals surface area (Å²) in [6, 6.07) is 0. The van der Waals surface area contributed by atoms with Gasteiger partial charge < -0.3 is 20.7 Å². The lowest BCUT2D eigenvalue weighted by Gasteiger charge is -2.20. The fourth-order valence-electron chi connectivity index (χ4n) is 1.22. The summed E-state index contributed by atoms with van der Waals surface area (Å²) in [5.74, 6) is 0.458. The van der Waals surface area contributed by atoms with Crippen molar-refractivity contribution in [2.24, 2.45) is 4.99 Å². The number of rotatable bonds is 7. The molecule has 0 spiro atoms. The molecule has 0 unspecified atom stereocenters. The minimum absolute atomic E-state index is 0.0801. The van der Waals surface area contributed by atoms with E-state index in [4.69, 9.17) is 4.74 Å². The molecule has 0 fully saturated rings. The van der Waals surface area contributed by atoms with E-state index in [9.17, 15) is 4.79 Å². The molecular formula is C13H26N4O2. The highest BCUT2D eigenvalue weighted by Crippen LogP contribution is 1.97. The molecule has 0 saturated carbocycles. The molecule has 0 saturated heterocycles. The molecule has 110 valence electrons. The molecule has 0 aliphatic carbocycles. The third kappa shape index (κ3) is 11.3. The van der Waals surface area contributed by atoms with Crippen molar-refractivity contribution in [3.8, 4) is 0 Å². The Kier molecular flexibility index (Phi) is 8.61. The predicted molar refractivity (Wildman–Crippen MR) is 78.3 cm³/mol. The molecule has 0 aromatic rings. The summed E-state index contributed by atoms with van der Waals surface area (Å²) >= 11 is 0. The Labute approximate surface area is 115 Å². The smallest absolute Gasteiger partial charge is 0.242 e. The van der Waals surface area contributed by atoms with Crippen LogP contribution in [0.2, 0.25) is 0 Å². The number of ether oxygens (including phenoxy) is 1. The number of methoxy groups -OCH3 is 1. The Morgan fingerprint density at radius 1 is 1.37 bits per heavy atom. The first kappa shape index (κ1) is 17.4. The van der Waals surface area contributed by atoms with Crippen LogP contribution in [-0.4, -0.2) is 50.8 Å². The highest BCUT2D eigenvalue weighted by molar-refractivity contribution is 5.85. The summed E-state index contributed by atoms with van der Waals surface area (Å²) in [5.41, 5.74) is -0.245. The molecule has 0 heterocycles. The summed E-state index contributed by atoms with van der Waals surface area (Å²) in [7, 11) is 1.63. The number of nitrogens with zero attached hydrogens (tertiary/aromatic N) is 1. The average molecular weight is 270 g/mol. The van der Waals surface area contributed by atoms with Crippen molar-refractivity contribution in [3.05, 3.63) is 12.7 Å². The van der Waals surface area contributed by atoms with Crippen LogP contribution in [0.5, 0.6) is 0 Å². The second kappa shape index (κ2) is 9.38. The van der Waals surface area contributed by atoms with Crippen molar-refractivity contribution in [3.63, 3.8) is 0 Å². The SMILES string of the molecule is C=CCNC(=NCC(=O)NC(C)(C)C)NCCOC. The number of aliphatic imine (C=N–C) groups is 1. The van der Waals surface area contributed by atoms with E-state index in [2.05, 4.69) is 27.5 Å². The van der Waals surface area contributed by atoms with Crippen LogP contribution >= 0.6 is 0 Å². The molecule has 0 aromatic carbocycles. The van der Waals surface area contributed by atoms with Crippen molar-refractivity contribution in [2.45, 2.75) is 26.3 Å². The number of carbonyl (C=O) groups is 1. The van der Waals surface area contributed by atoms with Gasteiger partial charge in [0.25, 0.3) is 0 Å². The molecule has 0 bridgehead atoms. The van der Waals surface area contributed by atoms with Gasteiger partial charge in [-0.3, -0.25) is 4.79 Å². The lowest BCUT2D eigenvalue weighted by Crippen LogP contribution is -2.43. The highest BCUT2D eigenvalue weighted by atomic mass is 16.5. The van der Waals surface area contributed by atoms with Gasteiger partial charge >= 0.3 is 0 Å². The number of hydrogen-bond donors (Lipinski definition) is 3. The standard InChI is InChI=1S/C13H26N4O2/c1-6-7-14-12(15-8-9-19-5)16-10-11(18)17-13(2,3)4/h6H,1,7-10H2,2-5H3,(H,17,18)(H2,14,15,16). The molecule has 19 heavy (non-hydrogen) atoms. The second-order valence-electron chi connectivity index (χ2n) is 5.05. The van der Waals surface area contributed by atoms with Gasteiger partial charge in [0.2, 0.25) is 5.91 Å². The first-order valence-electron chi connectivity index (χ1n) is 6.32. The van der Waals surface area contributed by atoms with E-state index < -0.39 is 0 Å². The van der Waals surface area contributed by atoms with Crippen LogP contribution in [0.15, 0.2) is 17.6 Å². The molecular weight excluding hydrogens is 244 g/mol. The molecule has 0 rings (SSSR count). The molecule has 0 aliphatic heterocycles. The van der Waals surface area contributed by atoms with Crippen molar-refractivity contribution >= 4 is 11.9 Å². The molecule has 0 atom stereocenters. The summed E-state index contributed by atoms with van der Waals surface area (Å²) < 4.78 is 4.94. The molecule has 1 amide bonds. The normalized spacial score (nSPS) is 11.9. The Morgan fingerprint density at radius 2 is 2.05 bits per heavy atom. The minimum Gasteiger partial charge on any atom is -0.383 e. The predicted octanol–water partition coefficient (Wildman–Crippen LogP) is 0.269. The molecule has 6 nitrogen and oxygen atoms in total. The van der Waals surface area contributed by atoms with Gasteiger partial charge in [-0.2, -0.15) is 0 Å². The zero-order valence-corrected chi connectivity index (χ0v) is 12.4. The number of amides is 1. The number of carbonyl (C=O) groups excluding carboxylic acids is 1. The highest BCUT2D eigenvalue weighted by Gasteiger charge is 2.13. The van der Waals surface area contributed by atoms with Crippen molar-refractivity contribution < 1.29 is 9.53 Å². The van der Waals surface area contributed by atoms with Crippen LogP contribution in [0.4, 0.5) is 0 Å². The molecule has 0 aromatic heterocycles. The topological polar surface area (TPSA) is 74.8 Å². The van der Waals surface area contributed by atoms with Gasteiger partial charge in [0, 0.05) is 25.7 Å². The van der Waals surface area contributed by atoms with Crippen LogP contribution in [-0.2, 0) is 9.53 Å². The summed E-state index contributed by atoms with van der Waals surface area (Å²) in [4.78, 5) is 15.8. The average Bonchev–Trinajstić information content (AvgIpc) is 2.30. The third-order valence-electron chi connectivity index (χ3n) is 1.91.